The van der Waals surface area contributed by atoms with Gasteiger partial charge < -0.3 is 10.2 Å². The summed E-state index contributed by atoms with van der Waals surface area (Å²) in [6, 6.07) is 0. The molecule has 0 bridgehead atoms. The van der Waals surface area contributed by atoms with E-state index >= 15 is 0 Å². The fraction of sp³-hybridized carbons (Fsp3) is 0.500. The van der Waals surface area contributed by atoms with Crippen LogP contribution in [0.1, 0.15) is 22.6 Å². The quantitative estimate of drug-likeness (QED) is 0.642. The molecular formula is C8H13NO. The summed E-state index contributed by atoms with van der Waals surface area (Å²) in [5, 5.41) is 0. The zero-order valence-electron chi connectivity index (χ0n) is 6.69. The second kappa shape index (κ2) is 2.46. The fourth-order valence-corrected chi connectivity index (χ4v) is 1.01. The summed E-state index contributed by atoms with van der Waals surface area (Å²) in [5.41, 5.74) is 7.86. The van der Waals surface area contributed by atoms with Gasteiger partial charge in [0.1, 0.15) is 11.5 Å². The van der Waals surface area contributed by atoms with Crippen molar-refractivity contribution in [2.45, 2.75) is 27.3 Å². The normalized spacial score (nSPS) is 10.4. The van der Waals surface area contributed by atoms with Gasteiger partial charge in [-0.15, -0.1) is 0 Å². The van der Waals surface area contributed by atoms with E-state index in [-0.39, 0.29) is 0 Å². The Kier molecular flexibility index (Phi) is 1.81. The lowest BCUT2D eigenvalue weighted by molar-refractivity contribution is 0.482. The van der Waals surface area contributed by atoms with Gasteiger partial charge in [0.15, 0.2) is 0 Å². The molecule has 2 nitrogen and oxygen atoms in total. The molecule has 0 unspecified atom stereocenters. The van der Waals surface area contributed by atoms with Gasteiger partial charge in [0, 0.05) is 0 Å². The van der Waals surface area contributed by atoms with E-state index < -0.39 is 0 Å². The molecule has 1 rings (SSSR count). The van der Waals surface area contributed by atoms with Gasteiger partial charge in [-0.2, -0.15) is 0 Å². The number of aryl methyl sites for hydroxylation is 1. The van der Waals surface area contributed by atoms with Crippen LogP contribution >= 0.6 is 0 Å². The number of nitrogens with two attached hydrogens (primary N) is 1. The highest BCUT2D eigenvalue weighted by Gasteiger charge is 2.07. The summed E-state index contributed by atoms with van der Waals surface area (Å²) < 4.78 is 5.37. The summed E-state index contributed by atoms with van der Waals surface area (Å²) in [4.78, 5) is 0. The smallest absolute Gasteiger partial charge is 0.120 e. The number of furan rings is 1. The predicted molar refractivity (Wildman–Crippen MR) is 40.8 cm³/mol. The molecule has 0 radical (unpaired) electrons. The Bertz CT molecular complexity index is 238. The molecule has 0 atom stereocenters. The molecule has 1 heterocycles. The van der Waals surface area contributed by atoms with Gasteiger partial charge in [0.2, 0.25) is 0 Å². The predicted octanol–water partition coefficient (Wildman–Crippen LogP) is 1.66. The number of rotatable bonds is 1. The molecule has 1 aromatic heterocycles. The van der Waals surface area contributed by atoms with Gasteiger partial charge in [-0.1, -0.05) is 0 Å². The van der Waals surface area contributed by atoms with Crippen LogP contribution in [-0.2, 0) is 6.54 Å². The first-order valence-corrected chi connectivity index (χ1v) is 3.42. The van der Waals surface area contributed by atoms with Crippen molar-refractivity contribution in [1.82, 2.24) is 0 Å². The van der Waals surface area contributed by atoms with E-state index in [1.165, 1.54) is 11.1 Å². The molecule has 0 fully saturated rings. The van der Waals surface area contributed by atoms with Crippen LogP contribution in [0.25, 0.3) is 0 Å². The lowest BCUT2D eigenvalue weighted by Gasteiger charge is -1.89. The maximum atomic E-state index is 5.44. The summed E-state index contributed by atoms with van der Waals surface area (Å²) in [7, 11) is 0. The Balaban J connectivity index is 3.17. The van der Waals surface area contributed by atoms with Gasteiger partial charge in [-0.3, -0.25) is 0 Å². The Morgan fingerprint density at radius 1 is 1.20 bits per heavy atom. The molecule has 0 amide bonds. The molecule has 2 heteroatoms. The van der Waals surface area contributed by atoms with Crippen LogP contribution in [0.3, 0.4) is 0 Å². The molecule has 1 aromatic rings. The van der Waals surface area contributed by atoms with Gasteiger partial charge in [0.05, 0.1) is 6.54 Å². The van der Waals surface area contributed by atoms with Crippen LogP contribution in [0.4, 0.5) is 0 Å². The highest BCUT2D eigenvalue weighted by atomic mass is 16.3. The van der Waals surface area contributed by atoms with E-state index in [1.54, 1.807) is 0 Å². The lowest BCUT2D eigenvalue weighted by Crippen LogP contribution is -1.95. The average Bonchev–Trinajstić information content (AvgIpc) is 2.17. The van der Waals surface area contributed by atoms with Gasteiger partial charge >= 0.3 is 0 Å². The van der Waals surface area contributed by atoms with E-state index in [0.717, 1.165) is 11.5 Å². The highest BCUT2D eigenvalue weighted by Crippen LogP contribution is 2.19. The van der Waals surface area contributed by atoms with E-state index in [2.05, 4.69) is 0 Å². The highest BCUT2D eigenvalue weighted by molar-refractivity contribution is 5.30. The van der Waals surface area contributed by atoms with Crippen molar-refractivity contribution in [3.63, 3.8) is 0 Å². The molecule has 0 aliphatic rings. The van der Waals surface area contributed by atoms with Crippen molar-refractivity contribution in [1.29, 1.82) is 0 Å². The van der Waals surface area contributed by atoms with Crippen molar-refractivity contribution < 1.29 is 4.42 Å². The summed E-state index contributed by atoms with van der Waals surface area (Å²) in [6.45, 7) is 6.54. The number of hydrogen-bond donors (Lipinski definition) is 1. The summed E-state index contributed by atoms with van der Waals surface area (Å²) in [5.74, 6) is 1.90. The zero-order valence-corrected chi connectivity index (χ0v) is 6.69. The largest absolute Gasteiger partial charge is 0.464 e. The first kappa shape index (κ1) is 7.35. The molecule has 56 valence electrons. The van der Waals surface area contributed by atoms with Gasteiger partial charge in [-0.05, 0) is 31.9 Å². The second-order valence-electron chi connectivity index (χ2n) is 2.54. The van der Waals surface area contributed by atoms with Crippen molar-refractivity contribution in [2.75, 3.05) is 0 Å². The zero-order chi connectivity index (χ0) is 7.72. The van der Waals surface area contributed by atoms with Crippen LogP contribution in [-0.4, -0.2) is 0 Å². The number of hydrogen-bond acceptors (Lipinski definition) is 2. The molecular weight excluding hydrogens is 126 g/mol. The maximum absolute atomic E-state index is 5.44. The fourth-order valence-electron chi connectivity index (χ4n) is 1.01. The molecule has 0 aromatic carbocycles. The SMILES string of the molecule is Cc1oc(CN)c(C)c1C. The van der Waals surface area contributed by atoms with Crippen LogP contribution in [0, 0.1) is 20.8 Å². The first-order valence-electron chi connectivity index (χ1n) is 3.42. The van der Waals surface area contributed by atoms with E-state index in [4.69, 9.17) is 10.2 Å². The molecule has 0 aliphatic heterocycles. The van der Waals surface area contributed by atoms with Crippen molar-refractivity contribution in [3.05, 3.63) is 22.6 Å². The third-order valence-electron chi connectivity index (χ3n) is 1.97. The summed E-state index contributed by atoms with van der Waals surface area (Å²) >= 11 is 0. The van der Waals surface area contributed by atoms with E-state index in [0.29, 0.717) is 6.54 Å². The standard InChI is InChI=1S/C8H13NO/c1-5-6(2)8(4-9)10-7(5)3/h4,9H2,1-3H3. The topological polar surface area (TPSA) is 39.2 Å². The molecule has 0 spiro atoms. The summed E-state index contributed by atoms with van der Waals surface area (Å²) in [6.07, 6.45) is 0. The van der Waals surface area contributed by atoms with Crippen molar-refractivity contribution >= 4 is 0 Å². The Morgan fingerprint density at radius 3 is 2.00 bits per heavy atom. The van der Waals surface area contributed by atoms with Gasteiger partial charge in [0.25, 0.3) is 0 Å². The minimum Gasteiger partial charge on any atom is -0.464 e. The van der Waals surface area contributed by atoms with Crippen molar-refractivity contribution in [3.8, 4) is 0 Å². The molecule has 0 saturated carbocycles. The molecule has 2 N–H and O–H groups in total. The van der Waals surface area contributed by atoms with Gasteiger partial charge in [-0.25, -0.2) is 0 Å². The second-order valence-corrected chi connectivity index (χ2v) is 2.54. The minimum atomic E-state index is 0.501. The van der Waals surface area contributed by atoms with E-state index in [1.807, 2.05) is 20.8 Å². The van der Waals surface area contributed by atoms with Crippen LogP contribution in [0.15, 0.2) is 4.42 Å². The van der Waals surface area contributed by atoms with Crippen LogP contribution in [0.5, 0.6) is 0 Å². The Labute approximate surface area is 61.0 Å². The van der Waals surface area contributed by atoms with E-state index in [9.17, 15) is 0 Å². The minimum absolute atomic E-state index is 0.501. The molecule has 10 heavy (non-hydrogen) atoms. The monoisotopic (exact) mass is 139 g/mol. The Morgan fingerprint density at radius 2 is 1.80 bits per heavy atom. The lowest BCUT2D eigenvalue weighted by atomic mass is 10.1. The molecule has 0 aliphatic carbocycles. The molecule has 0 saturated heterocycles. The average molecular weight is 139 g/mol. The van der Waals surface area contributed by atoms with Crippen LogP contribution in [0.2, 0.25) is 0 Å². The third-order valence-corrected chi connectivity index (χ3v) is 1.97. The Hall–Kier alpha value is -0.760. The van der Waals surface area contributed by atoms with Crippen molar-refractivity contribution in [2.24, 2.45) is 5.73 Å². The first-order chi connectivity index (χ1) is 4.66. The van der Waals surface area contributed by atoms with Crippen LogP contribution < -0.4 is 5.73 Å². The third kappa shape index (κ3) is 0.948. The maximum Gasteiger partial charge on any atom is 0.120 e.